The first kappa shape index (κ1) is 20.0. The molecule has 1 atom stereocenters. The number of rotatable bonds is 7. The molecule has 0 aliphatic rings. The van der Waals surface area contributed by atoms with Gasteiger partial charge in [-0.05, 0) is 36.8 Å². The second kappa shape index (κ2) is 8.36. The second-order valence-electron chi connectivity index (χ2n) is 6.49. The lowest BCUT2D eigenvalue weighted by atomic mass is 10.1. The summed E-state index contributed by atoms with van der Waals surface area (Å²) in [5.41, 5.74) is 2.64. The van der Waals surface area contributed by atoms with Crippen molar-refractivity contribution in [2.75, 3.05) is 25.5 Å². The largest absolute Gasteiger partial charge is 0.378 e. The minimum absolute atomic E-state index is 0.0458. The van der Waals surface area contributed by atoms with Crippen LogP contribution in [0.5, 0.6) is 0 Å². The molecule has 140 valence electrons. The molecule has 0 fully saturated rings. The molecule has 0 aliphatic heterocycles. The van der Waals surface area contributed by atoms with E-state index in [1.165, 1.54) is 0 Å². The smallest absolute Gasteiger partial charge is 0.219 e. The highest BCUT2D eigenvalue weighted by Gasteiger charge is 2.29. The Balaban J connectivity index is 2.42. The Morgan fingerprint density at radius 3 is 2.12 bits per heavy atom. The summed E-state index contributed by atoms with van der Waals surface area (Å²) in [6.45, 7) is 3.70. The van der Waals surface area contributed by atoms with E-state index >= 15 is 0 Å². The topological polar surface area (TPSA) is 66.5 Å². The fraction of sp³-hybridized carbons (Fsp3) is 0.350. The number of hydrogen-bond acceptors (Lipinski definition) is 4. The molecule has 0 aliphatic carbocycles. The molecular formula is C20H26N2O3S. The maximum Gasteiger partial charge on any atom is 0.219 e. The van der Waals surface area contributed by atoms with Crippen LogP contribution >= 0.6 is 0 Å². The van der Waals surface area contributed by atoms with Gasteiger partial charge in [0.25, 0.3) is 0 Å². The van der Waals surface area contributed by atoms with E-state index in [1.807, 2.05) is 50.2 Å². The third-order valence-corrected chi connectivity index (χ3v) is 6.43. The van der Waals surface area contributed by atoms with Gasteiger partial charge in [0.2, 0.25) is 5.91 Å². The molecule has 2 rings (SSSR count). The molecule has 5 nitrogen and oxygen atoms in total. The van der Waals surface area contributed by atoms with Crippen LogP contribution in [-0.2, 0) is 14.6 Å². The van der Waals surface area contributed by atoms with Crippen LogP contribution in [0.3, 0.4) is 0 Å². The predicted octanol–water partition coefficient (Wildman–Crippen LogP) is 3.10. The van der Waals surface area contributed by atoms with E-state index in [2.05, 4.69) is 5.32 Å². The summed E-state index contributed by atoms with van der Waals surface area (Å²) in [4.78, 5) is 13.9. The first-order chi connectivity index (χ1) is 12.3. The number of anilines is 1. The van der Waals surface area contributed by atoms with Crippen molar-refractivity contribution >= 4 is 21.4 Å². The Morgan fingerprint density at radius 2 is 1.62 bits per heavy atom. The van der Waals surface area contributed by atoms with Gasteiger partial charge in [0.15, 0.2) is 9.84 Å². The van der Waals surface area contributed by atoms with Gasteiger partial charge in [-0.3, -0.25) is 4.79 Å². The normalized spacial score (nSPS) is 12.5. The summed E-state index contributed by atoms with van der Waals surface area (Å²) in [7, 11) is 0.219. The molecule has 0 heterocycles. The van der Waals surface area contributed by atoms with Gasteiger partial charge in [-0.15, -0.1) is 0 Å². The van der Waals surface area contributed by atoms with E-state index in [1.54, 1.807) is 31.2 Å². The van der Waals surface area contributed by atoms with E-state index < -0.39 is 15.1 Å². The van der Waals surface area contributed by atoms with Gasteiger partial charge in [0.1, 0.15) is 5.25 Å². The van der Waals surface area contributed by atoms with Crippen molar-refractivity contribution in [3.8, 4) is 0 Å². The van der Waals surface area contributed by atoms with E-state index in [0.717, 1.165) is 11.3 Å². The van der Waals surface area contributed by atoms with Gasteiger partial charge in [0.05, 0.1) is 4.90 Å². The molecule has 1 N–H and O–H groups in total. The van der Waals surface area contributed by atoms with Crippen LogP contribution in [0, 0.1) is 6.92 Å². The second-order valence-corrected chi connectivity index (χ2v) is 8.62. The van der Waals surface area contributed by atoms with Crippen molar-refractivity contribution < 1.29 is 13.2 Å². The van der Waals surface area contributed by atoms with Crippen LogP contribution in [0.2, 0.25) is 0 Å². The lowest BCUT2D eigenvalue weighted by molar-refractivity contribution is -0.120. The number of nitrogens with one attached hydrogen (secondary N) is 1. The molecule has 2 aromatic rings. The number of aryl methyl sites for hydroxylation is 1. The number of sulfone groups is 1. The van der Waals surface area contributed by atoms with E-state index in [0.29, 0.717) is 12.0 Å². The minimum atomic E-state index is -3.64. The fourth-order valence-electron chi connectivity index (χ4n) is 2.62. The molecule has 0 aromatic heterocycles. The van der Waals surface area contributed by atoms with Gasteiger partial charge in [-0.1, -0.05) is 36.8 Å². The Hall–Kier alpha value is -2.34. The van der Waals surface area contributed by atoms with Gasteiger partial charge >= 0.3 is 0 Å². The van der Waals surface area contributed by atoms with Gasteiger partial charge in [0, 0.05) is 32.7 Å². The summed E-state index contributed by atoms with van der Waals surface area (Å²) in [6, 6.07) is 14.2. The number of nitrogens with zero attached hydrogens (tertiary/aromatic N) is 1. The van der Waals surface area contributed by atoms with Crippen LogP contribution < -0.4 is 10.2 Å². The highest BCUT2D eigenvalue weighted by atomic mass is 32.2. The molecule has 0 spiro atoms. The fourth-order valence-corrected chi connectivity index (χ4v) is 4.28. The summed E-state index contributed by atoms with van der Waals surface area (Å²) >= 11 is 0. The predicted molar refractivity (Wildman–Crippen MR) is 105 cm³/mol. The zero-order valence-electron chi connectivity index (χ0n) is 15.7. The van der Waals surface area contributed by atoms with Crippen LogP contribution in [0.4, 0.5) is 5.69 Å². The van der Waals surface area contributed by atoms with Crippen LogP contribution in [0.25, 0.3) is 0 Å². The van der Waals surface area contributed by atoms with E-state index in [-0.39, 0.29) is 17.3 Å². The number of hydrogen-bond donors (Lipinski definition) is 1. The monoisotopic (exact) mass is 374 g/mol. The molecule has 1 amide bonds. The van der Waals surface area contributed by atoms with Gasteiger partial charge in [-0.25, -0.2) is 8.42 Å². The van der Waals surface area contributed by atoms with Crippen molar-refractivity contribution in [1.82, 2.24) is 5.32 Å². The molecule has 0 saturated heterocycles. The van der Waals surface area contributed by atoms with Crippen molar-refractivity contribution in [2.24, 2.45) is 0 Å². The third-order valence-electron chi connectivity index (χ3n) is 4.31. The lowest BCUT2D eigenvalue weighted by Gasteiger charge is -2.20. The Bertz CT molecular complexity index is 842. The highest BCUT2D eigenvalue weighted by molar-refractivity contribution is 7.91. The maximum absolute atomic E-state index is 13.2. The lowest BCUT2D eigenvalue weighted by Crippen LogP contribution is -2.31. The quantitative estimate of drug-likeness (QED) is 0.809. The van der Waals surface area contributed by atoms with Crippen molar-refractivity contribution in [3.05, 3.63) is 59.7 Å². The standard InChI is InChI=1S/C20H26N2O3S/c1-5-20(23)21-14-19(16-8-10-17(11-9-16)22(3)4)26(24,25)18-12-6-15(2)7-13-18/h6-13,19H,5,14H2,1-4H3,(H,21,23)/t19-/m0/s1. The molecule has 6 heteroatoms. The first-order valence-electron chi connectivity index (χ1n) is 8.60. The van der Waals surface area contributed by atoms with Gasteiger partial charge < -0.3 is 10.2 Å². The first-order valence-corrected chi connectivity index (χ1v) is 10.1. The van der Waals surface area contributed by atoms with Crippen molar-refractivity contribution in [1.29, 1.82) is 0 Å². The van der Waals surface area contributed by atoms with Crippen molar-refractivity contribution in [2.45, 2.75) is 30.4 Å². The Morgan fingerprint density at radius 1 is 1.04 bits per heavy atom. The number of carbonyl (C=O) groups is 1. The number of amides is 1. The maximum atomic E-state index is 13.2. The molecule has 26 heavy (non-hydrogen) atoms. The summed E-state index contributed by atoms with van der Waals surface area (Å²) in [5, 5.41) is 1.89. The molecule has 2 aromatic carbocycles. The van der Waals surface area contributed by atoms with Crippen molar-refractivity contribution in [3.63, 3.8) is 0 Å². The summed E-state index contributed by atoms with van der Waals surface area (Å²) in [6.07, 6.45) is 0.316. The average Bonchev–Trinajstić information content (AvgIpc) is 2.62. The molecule has 0 saturated carbocycles. The SMILES string of the molecule is CCC(=O)NC[C@@H](c1ccc(N(C)C)cc1)S(=O)(=O)c1ccc(C)cc1. The third kappa shape index (κ3) is 4.64. The summed E-state index contributed by atoms with van der Waals surface area (Å²) < 4.78 is 26.4. The highest BCUT2D eigenvalue weighted by Crippen LogP contribution is 2.30. The Kier molecular flexibility index (Phi) is 6.42. The molecular weight excluding hydrogens is 348 g/mol. The zero-order chi connectivity index (χ0) is 19.3. The zero-order valence-corrected chi connectivity index (χ0v) is 16.5. The van der Waals surface area contributed by atoms with E-state index in [9.17, 15) is 13.2 Å². The Labute approximate surface area is 156 Å². The molecule has 0 bridgehead atoms. The van der Waals surface area contributed by atoms with Crippen LogP contribution in [0.15, 0.2) is 53.4 Å². The molecule has 0 unspecified atom stereocenters. The summed E-state index contributed by atoms with van der Waals surface area (Å²) in [5.74, 6) is -0.168. The van der Waals surface area contributed by atoms with Gasteiger partial charge in [-0.2, -0.15) is 0 Å². The average molecular weight is 375 g/mol. The number of carbonyl (C=O) groups excluding carboxylic acids is 1. The minimum Gasteiger partial charge on any atom is -0.378 e. The molecule has 0 radical (unpaired) electrons. The van der Waals surface area contributed by atoms with Crippen LogP contribution in [0.1, 0.15) is 29.7 Å². The van der Waals surface area contributed by atoms with Crippen LogP contribution in [-0.4, -0.2) is 35.0 Å². The van der Waals surface area contributed by atoms with E-state index in [4.69, 9.17) is 0 Å². The number of benzene rings is 2.